The summed E-state index contributed by atoms with van der Waals surface area (Å²) in [5.74, 6) is -0.474. The van der Waals surface area contributed by atoms with Crippen molar-refractivity contribution in [1.29, 1.82) is 0 Å². The number of hydrogen-bond acceptors (Lipinski definition) is 5. The molecule has 1 saturated heterocycles. The molecule has 2 fully saturated rings. The zero-order chi connectivity index (χ0) is 28.0. The fraction of sp³-hybridized carbons (Fsp3) is 0.586. The zero-order valence-electron chi connectivity index (χ0n) is 22.7. The number of benzene rings is 1. The summed E-state index contributed by atoms with van der Waals surface area (Å²) in [5.41, 5.74) is 2.37. The Hall–Kier alpha value is -2.81. The van der Waals surface area contributed by atoms with Crippen molar-refractivity contribution in [1.82, 2.24) is 10.2 Å². The summed E-state index contributed by atoms with van der Waals surface area (Å²) < 4.78 is 39.2. The normalized spacial score (nSPS) is 24.2. The second-order valence-electron chi connectivity index (χ2n) is 10.5. The van der Waals surface area contributed by atoms with Crippen molar-refractivity contribution in [3.05, 3.63) is 52.2 Å². The molecular formula is C29H40F3N3O3. The maximum atomic E-state index is 13.2. The van der Waals surface area contributed by atoms with Crippen molar-refractivity contribution in [2.45, 2.75) is 84.0 Å². The fourth-order valence-electron chi connectivity index (χ4n) is 5.34. The molecule has 0 bridgehead atoms. The molecule has 0 aromatic heterocycles. The molecule has 3 unspecified atom stereocenters. The molecule has 1 aliphatic carbocycles. The van der Waals surface area contributed by atoms with Crippen LogP contribution in [0.1, 0.15) is 76.8 Å². The van der Waals surface area contributed by atoms with E-state index in [1.54, 1.807) is 7.05 Å². The molecule has 0 radical (unpaired) electrons. The van der Waals surface area contributed by atoms with E-state index in [2.05, 4.69) is 10.3 Å². The molecule has 2 aliphatic rings. The number of aliphatic imine (C=N–C) groups is 1. The minimum absolute atomic E-state index is 0.0447. The van der Waals surface area contributed by atoms with Crippen LogP contribution < -0.4 is 5.32 Å². The summed E-state index contributed by atoms with van der Waals surface area (Å²) in [7, 11) is 1.54. The summed E-state index contributed by atoms with van der Waals surface area (Å²) in [5, 5.41) is 24.0. The van der Waals surface area contributed by atoms with Crippen molar-refractivity contribution in [3.8, 4) is 5.75 Å². The van der Waals surface area contributed by atoms with Gasteiger partial charge >= 0.3 is 6.18 Å². The second-order valence-corrected chi connectivity index (χ2v) is 10.5. The SMILES string of the molecule is CC/C(C)=C(/C=C(/C)C(=NC)c1ccc(C(F)(F)F)cc1O)NC1CCCN(C(=O)C2CCCC(O)C2)C1. The van der Waals surface area contributed by atoms with Crippen LogP contribution in [0.15, 0.2) is 46.1 Å². The number of aliphatic hydroxyl groups excluding tert-OH is 1. The highest BCUT2D eigenvalue weighted by atomic mass is 19.4. The number of rotatable bonds is 7. The Morgan fingerprint density at radius 1 is 1.21 bits per heavy atom. The number of phenolic OH excluding ortho intramolecular Hbond substituents is 1. The van der Waals surface area contributed by atoms with Crippen molar-refractivity contribution in [2.75, 3.05) is 20.1 Å². The topological polar surface area (TPSA) is 85.2 Å². The van der Waals surface area contributed by atoms with Gasteiger partial charge in [-0.2, -0.15) is 13.2 Å². The molecule has 3 rings (SSSR count). The van der Waals surface area contributed by atoms with Gasteiger partial charge in [0, 0.05) is 43.4 Å². The maximum Gasteiger partial charge on any atom is 0.416 e. The van der Waals surface area contributed by atoms with Gasteiger partial charge in [0.25, 0.3) is 0 Å². The Bertz CT molecular complexity index is 1090. The Balaban J connectivity index is 1.78. The molecule has 1 aromatic rings. The zero-order valence-corrected chi connectivity index (χ0v) is 22.7. The number of aromatic hydroxyl groups is 1. The van der Waals surface area contributed by atoms with E-state index in [1.807, 2.05) is 31.7 Å². The first-order valence-corrected chi connectivity index (χ1v) is 13.4. The number of carbonyl (C=O) groups excluding carboxylic acids is 1. The standard InChI is InChI=1S/C29H40F3N3O3/c1-5-18(2)25(14-19(3)27(33-4)24-12-11-21(16-26(24)37)29(30,31)32)34-22-9-7-13-35(17-22)28(38)20-8-6-10-23(36)15-20/h11-12,14,16,20,22-23,34,36-37H,5-10,13,15,17H2,1-4H3/b19-14-,25-18-,33-27?. The van der Waals surface area contributed by atoms with Crippen molar-refractivity contribution < 1.29 is 28.2 Å². The first kappa shape index (κ1) is 29.7. The first-order valence-electron chi connectivity index (χ1n) is 13.4. The van der Waals surface area contributed by atoms with Crippen LogP contribution in [0, 0.1) is 5.92 Å². The molecule has 1 saturated carbocycles. The lowest BCUT2D eigenvalue weighted by atomic mass is 9.86. The van der Waals surface area contributed by atoms with Gasteiger partial charge in [-0.3, -0.25) is 9.79 Å². The van der Waals surface area contributed by atoms with E-state index in [1.165, 1.54) is 6.07 Å². The van der Waals surface area contributed by atoms with E-state index in [0.717, 1.165) is 61.9 Å². The molecule has 38 heavy (non-hydrogen) atoms. The van der Waals surface area contributed by atoms with E-state index in [0.29, 0.717) is 30.8 Å². The molecule has 210 valence electrons. The number of alkyl halides is 3. The molecule has 1 aromatic carbocycles. The quantitative estimate of drug-likeness (QED) is 0.314. The number of amides is 1. The summed E-state index contributed by atoms with van der Waals surface area (Å²) in [6.45, 7) is 7.16. The number of phenols is 1. The van der Waals surface area contributed by atoms with Crippen LogP contribution in [0.3, 0.4) is 0 Å². The summed E-state index contributed by atoms with van der Waals surface area (Å²) >= 11 is 0. The van der Waals surface area contributed by atoms with Crippen LogP contribution in [0.2, 0.25) is 0 Å². The molecule has 1 heterocycles. The van der Waals surface area contributed by atoms with Crippen LogP contribution in [-0.4, -0.2) is 59.0 Å². The van der Waals surface area contributed by atoms with E-state index in [9.17, 15) is 28.2 Å². The highest BCUT2D eigenvalue weighted by Gasteiger charge is 2.33. The van der Waals surface area contributed by atoms with Gasteiger partial charge in [0.05, 0.1) is 17.4 Å². The molecule has 3 N–H and O–H groups in total. The van der Waals surface area contributed by atoms with Crippen LogP contribution in [0.5, 0.6) is 5.75 Å². The third-order valence-electron chi connectivity index (χ3n) is 7.62. The molecule has 1 amide bonds. The van der Waals surface area contributed by atoms with Gasteiger partial charge in [-0.05, 0) is 82.2 Å². The largest absolute Gasteiger partial charge is 0.507 e. The predicted molar refractivity (Wildman–Crippen MR) is 143 cm³/mol. The van der Waals surface area contributed by atoms with Gasteiger partial charge in [-0.25, -0.2) is 0 Å². The minimum atomic E-state index is -4.55. The number of allylic oxidation sites excluding steroid dienone is 3. The van der Waals surface area contributed by atoms with Gasteiger partial charge in [-0.15, -0.1) is 0 Å². The predicted octanol–water partition coefficient (Wildman–Crippen LogP) is 5.59. The van der Waals surface area contributed by atoms with Gasteiger partial charge in [0.1, 0.15) is 5.75 Å². The highest BCUT2D eigenvalue weighted by molar-refractivity contribution is 6.14. The number of nitrogens with zero attached hydrogens (tertiary/aromatic N) is 2. The third kappa shape index (κ3) is 7.40. The van der Waals surface area contributed by atoms with Gasteiger partial charge < -0.3 is 20.4 Å². The van der Waals surface area contributed by atoms with E-state index < -0.39 is 23.6 Å². The average molecular weight is 536 g/mol. The van der Waals surface area contributed by atoms with Crippen LogP contribution in [0.25, 0.3) is 0 Å². The first-order chi connectivity index (χ1) is 17.9. The summed E-state index contributed by atoms with van der Waals surface area (Å²) in [4.78, 5) is 19.3. The molecule has 9 heteroatoms. The minimum Gasteiger partial charge on any atom is -0.507 e. The van der Waals surface area contributed by atoms with E-state index in [4.69, 9.17) is 0 Å². The van der Waals surface area contributed by atoms with Crippen LogP contribution in [-0.2, 0) is 11.0 Å². The number of piperidine rings is 1. The lowest BCUT2D eigenvalue weighted by molar-refractivity contribution is -0.139. The Labute approximate surface area is 223 Å². The van der Waals surface area contributed by atoms with Crippen LogP contribution >= 0.6 is 0 Å². The van der Waals surface area contributed by atoms with Gasteiger partial charge in [0.2, 0.25) is 5.91 Å². The number of hydrogen-bond donors (Lipinski definition) is 3. The number of aliphatic hydroxyl groups is 1. The monoisotopic (exact) mass is 535 g/mol. The molecule has 6 nitrogen and oxygen atoms in total. The summed E-state index contributed by atoms with van der Waals surface area (Å²) in [6.07, 6.45) is 2.52. The second kappa shape index (κ2) is 12.8. The number of halogens is 3. The van der Waals surface area contributed by atoms with Crippen molar-refractivity contribution in [2.24, 2.45) is 10.9 Å². The fourth-order valence-corrected chi connectivity index (χ4v) is 5.34. The molecule has 0 spiro atoms. The van der Waals surface area contributed by atoms with Gasteiger partial charge in [-0.1, -0.05) is 18.9 Å². The van der Waals surface area contributed by atoms with E-state index >= 15 is 0 Å². The molecule has 1 aliphatic heterocycles. The number of carbonyl (C=O) groups is 1. The molecule has 3 atom stereocenters. The number of likely N-dealkylation sites (tertiary alicyclic amines) is 1. The smallest absolute Gasteiger partial charge is 0.416 e. The Kier molecular flexibility index (Phi) is 10.0. The lowest BCUT2D eigenvalue weighted by Crippen LogP contribution is -2.50. The summed E-state index contributed by atoms with van der Waals surface area (Å²) in [6, 6.07) is 2.95. The Morgan fingerprint density at radius 3 is 2.55 bits per heavy atom. The van der Waals surface area contributed by atoms with Crippen molar-refractivity contribution >= 4 is 11.6 Å². The average Bonchev–Trinajstić information content (AvgIpc) is 2.88. The Morgan fingerprint density at radius 2 is 1.95 bits per heavy atom. The van der Waals surface area contributed by atoms with E-state index in [-0.39, 0.29) is 23.4 Å². The van der Waals surface area contributed by atoms with Crippen molar-refractivity contribution in [3.63, 3.8) is 0 Å². The third-order valence-corrected chi connectivity index (χ3v) is 7.62. The lowest BCUT2D eigenvalue weighted by Gasteiger charge is -2.37. The van der Waals surface area contributed by atoms with Crippen LogP contribution in [0.4, 0.5) is 13.2 Å². The highest BCUT2D eigenvalue weighted by Crippen LogP contribution is 2.34. The van der Waals surface area contributed by atoms with Gasteiger partial charge in [0.15, 0.2) is 0 Å². The number of nitrogens with one attached hydrogen (secondary N) is 1. The maximum absolute atomic E-state index is 13.2. The molecular weight excluding hydrogens is 495 g/mol.